The van der Waals surface area contributed by atoms with Gasteiger partial charge in [0.05, 0.1) is 18.7 Å². The quantitative estimate of drug-likeness (QED) is 0.837. The Labute approximate surface area is 109 Å². The van der Waals surface area contributed by atoms with Gasteiger partial charge in [0.2, 0.25) is 0 Å². The van der Waals surface area contributed by atoms with E-state index >= 15 is 0 Å². The fraction of sp³-hybridized carbons (Fsp3) is 0.0714. The molecule has 0 aliphatic rings. The van der Waals surface area contributed by atoms with Crippen molar-refractivity contribution in [3.8, 4) is 22.9 Å². The highest BCUT2D eigenvalue weighted by Crippen LogP contribution is 2.27. The van der Waals surface area contributed by atoms with Gasteiger partial charge in [0.1, 0.15) is 5.75 Å². The van der Waals surface area contributed by atoms with Gasteiger partial charge in [-0.25, -0.2) is 0 Å². The molecule has 84 valence electrons. The predicted octanol–water partition coefficient (Wildman–Crippen LogP) is 4.00. The van der Waals surface area contributed by atoms with Gasteiger partial charge in [-0.05, 0) is 41.5 Å². The van der Waals surface area contributed by atoms with E-state index < -0.39 is 0 Å². The third kappa shape index (κ3) is 2.66. The maximum absolute atomic E-state index is 8.94. The van der Waals surface area contributed by atoms with Crippen molar-refractivity contribution >= 4 is 15.9 Å². The Hall–Kier alpha value is -1.79. The lowest BCUT2D eigenvalue weighted by molar-refractivity contribution is 0.415. The maximum atomic E-state index is 8.94. The second kappa shape index (κ2) is 5.03. The molecule has 0 atom stereocenters. The van der Waals surface area contributed by atoms with Crippen LogP contribution >= 0.6 is 15.9 Å². The van der Waals surface area contributed by atoms with Crippen LogP contribution in [0.2, 0.25) is 0 Å². The smallest absolute Gasteiger partial charge is 0.119 e. The predicted molar refractivity (Wildman–Crippen MR) is 70.8 cm³/mol. The fourth-order valence-corrected chi connectivity index (χ4v) is 2.12. The van der Waals surface area contributed by atoms with E-state index in [4.69, 9.17) is 10.00 Å². The highest BCUT2D eigenvalue weighted by atomic mass is 79.9. The van der Waals surface area contributed by atoms with E-state index in [2.05, 4.69) is 22.0 Å². The highest BCUT2D eigenvalue weighted by Gasteiger charge is 2.03. The van der Waals surface area contributed by atoms with Crippen molar-refractivity contribution in [2.75, 3.05) is 7.11 Å². The molecule has 0 radical (unpaired) electrons. The first-order valence-corrected chi connectivity index (χ1v) is 5.87. The summed E-state index contributed by atoms with van der Waals surface area (Å²) in [6.45, 7) is 0. The standard InChI is InChI=1S/C14H10BrNO/c1-17-14-4-2-3-11(8-14)12-5-10(9-16)6-13(15)7-12/h2-8H,1H3. The number of halogens is 1. The van der Waals surface area contributed by atoms with E-state index in [-0.39, 0.29) is 0 Å². The summed E-state index contributed by atoms with van der Waals surface area (Å²) in [6.07, 6.45) is 0. The molecule has 17 heavy (non-hydrogen) atoms. The molecule has 0 aliphatic carbocycles. The molecule has 0 saturated heterocycles. The first-order valence-electron chi connectivity index (χ1n) is 5.08. The van der Waals surface area contributed by atoms with Crippen molar-refractivity contribution in [3.05, 3.63) is 52.5 Å². The zero-order valence-corrected chi connectivity index (χ0v) is 10.9. The van der Waals surface area contributed by atoms with E-state index in [1.165, 1.54) is 0 Å². The first-order chi connectivity index (χ1) is 8.22. The minimum Gasteiger partial charge on any atom is -0.497 e. The van der Waals surface area contributed by atoms with Crippen molar-refractivity contribution in [1.29, 1.82) is 5.26 Å². The van der Waals surface area contributed by atoms with Gasteiger partial charge in [0, 0.05) is 4.47 Å². The van der Waals surface area contributed by atoms with Crippen LogP contribution in [0.5, 0.6) is 5.75 Å². The zero-order chi connectivity index (χ0) is 12.3. The summed E-state index contributed by atoms with van der Waals surface area (Å²) in [5, 5.41) is 8.94. The highest BCUT2D eigenvalue weighted by molar-refractivity contribution is 9.10. The van der Waals surface area contributed by atoms with Gasteiger partial charge < -0.3 is 4.74 Å². The number of ether oxygens (including phenoxy) is 1. The lowest BCUT2D eigenvalue weighted by Gasteiger charge is -2.05. The maximum Gasteiger partial charge on any atom is 0.119 e. The monoisotopic (exact) mass is 287 g/mol. The van der Waals surface area contributed by atoms with Crippen LogP contribution in [0.3, 0.4) is 0 Å². The molecular formula is C14H10BrNO. The van der Waals surface area contributed by atoms with Crippen LogP contribution in [-0.2, 0) is 0 Å². The van der Waals surface area contributed by atoms with Crippen molar-refractivity contribution in [1.82, 2.24) is 0 Å². The van der Waals surface area contributed by atoms with Crippen LogP contribution in [0, 0.1) is 11.3 Å². The van der Waals surface area contributed by atoms with Gasteiger partial charge in [0.25, 0.3) is 0 Å². The third-order valence-electron chi connectivity index (χ3n) is 2.43. The molecule has 0 heterocycles. The first kappa shape index (κ1) is 11.7. The molecule has 0 aliphatic heterocycles. The average Bonchev–Trinajstić information content (AvgIpc) is 2.38. The normalized spacial score (nSPS) is 9.71. The molecule has 2 aromatic rings. The molecule has 0 spiro atoms. The minimum atomic E-state index is 0.636. The van der Waals surface area contributed by atoms with Gasteiger partial charge in [0.15, 0.2) is 0 Å². The molecule has 0 aromatic heterocycles. The van der Waals surface area contributed by atoms with Crippen LogP contribution in [0.4, 0.5) is 0 Å². The molecule has 0 unspecified atom stereocenters. The van der Waals surface area contributed by atoms with Gasteiger partial charge in [-0.3, -0.25) is 0 Å². The lowest BCUT2D eigenvalue weighted by atomic mass is 10.0. The molecule has 0 N–H and O–H groups in total. The Morgan fingerprint density at radius 1 is 1.12 bits per heavy atom. The summed E-state index contributed by atoms with van der Waals surface area (Å²) in [4.78, 5) is 0. The van der Waals surface area contributed by atoms with Crippen LogP contribution < -0.4 is 4.74 Å². The number of hydrogen-bond donors (Lipinski definition) is 0. The van der Waals surface area contributed by atoms with Crippen LogP contribution in [0.25, 0.3) is 11.1 Å². The summed E-state index contributed by atoms with van der Waals surface area (Å²) in [6, 6.07) is 15.5. The van der Waals surface area contributed by atoms with E-state index in [1.807, 2.05) is 36.4 Å². The lowest BCUT2D eigenvalue weighted by Crippen LogP contribution is -1.85. The summed E-state index contributed by atoms with van der Waals surface area (Å²) >= 11 is 3.40. The van der Waals surface area contributed by atoms with E-state index in [0.29, 0.717) is 5.56 Å². The Morgan fingerprint density at radius 3 is 2.65 bits per heavy atom. The fourth-order valence-electron chi connectivity index (χ4n) is 1.62. The van der Waals surface area contributed by atoms with Crippen LogP contribution in [0.1, 0.15) is 5.56 Å². The van der Waals surface area contributed by atoms with Crippen LogP contribution in [0.15, 0.2) is 46.9 Å². The molecule has 0 saturated carbocycles. The second-order valence-electron chi connectivity index (χ2n) is 3.57. The van der Waals surface area contributed by atoms with E-state index in [0.717, 1.165) is 21.3 Å². The van der Waals surface area contributed by atoms with Crippen molar-refractivity contribution < 1.29 is 4.74 Å². The van der Waals surface area contributed by atoms with Crippen molar-refractivity contribution in [3.63, 3.8) is 0 Å². The number of rotatable bonds is 2. The topological polar surface area (TPSA) is 33.0 Å². The van der Waals surface area contributed by atoms with Crippen molar-refractivity contribution in [2.45, 2.75) is 0 Å². The number of hydrogen-bond acceptors (Lipinski definition) is 2. The average molecular weight is 288 g/mol. The van der Waals surface area contributed by atoms with Crippen molar-refractivity contribution in [2.24, 2.45) is 0 Å². The zero-order valence-electron chi connectivity index (χ0n) is 9.27. The Kier molecular flexibility index (Phi) is 3.46. The van der Waals surface area contributed by atoms with E-state index in [9.17, 15) is 0 Å². The summed E-state index contributed by atoms with van der Waals surface area (Å²) in [5.41, 5.74) is 2.66. The number of methoxy groups -OCH3 is 1. The Morgan fingerprint density at radius 2 is 1.94 bits per heavy atom. The van der Waals surface area contributed by atoms with Gasteiger partial charge in [-0.1, -0.05) is 28.1 Å². The molecule has 2 nitrogen and oxygen atoms in total. The van der Waals surface area contributed by atoms with E-state index in [1.54, 1.807) is 13.2 Å². The van der Waals surface area contributed by atoms with Crippen LogP contribution in [-0.4, -0.2) is 7.11 Å². The molecule has 0 fully saturated rings. The van der Waals surface area contributed by atoms with Gasteiger partial charge in [-0.2, -0.15) is 5.26 Å². The molecule has 2 rings (SSSR count). The summed E-state index contributed by atoms with van der Waals surface area (Å²) in [7, 11) is 1.64. The minimum absolute atomic E-state index is 0.636. The Bertz CT molecular complexity index is 587. The third-order valence-corrected chi connectivity index (χ3v) is 2.89. The molecule has 3 heteroatoms. The largest absolute Gasteiger partial charge is 0.497 e. The SMILES string of the molecule is COc1cccc(-c2cc(Br)cc(C#N)c2)c1. The molecular weight excluding hydrogens is 278 g/mol. The molecule has 2 aromatic carbocycles. The number of nitrogens with zero attached hydrogens (tertiary/aromatic N) is 1. The summed E-state index contributed by atoms with van der Waals surface area (Å²) in [5.74, 6) is 0.806. The molecule has 0 bridgehead atoms. The Balaban J connectivity index is 2.52. The van der Waals surface area contributed by atoms with Gasteiger partial charge in [-0.15, -0.1) is 0 Å². The van der Waals surface area contributed by atoms with Gasteiger partial charge >= 0.3 is 0 Å². The summed E-state index contributed by atoms with van der Waals surface area (Å²) < 4.78 is 6.08. The molecule has 0 amide bonds. The number of benzene rings is 2. The number of nitriles is 1. The second-order valence-corrected chi connectivity index (χ2v) is 4.49.